The first-order chi connectivity index (χ1) is 14.2. The highest BCUT2D eigenvalue weighted by Gasteiger charge is 2.20. The van der Waals surface area contributed by atoms with Gasteiger partial charge in [-0.05, 0) is 42.5 Å². The summed E-state index contributed by atoms with van der Waals surface area (Å²) in [6, 6.07) is 16.8. The van der Waals surface area contributed by atoms with Gasteiger partial charge in [0, 0.05) is 48.8 Å². The monoisotopic (exact) mass is 409 g/mol. The number of aliphatic hydroxyl groups is 1. The normalized spacial score (nSPS) is 15.2. The maximum absolute atomic E-state index is 9.08. The molecule has 0 amide bonds. The van der Waals surface area contributed by atoms with E-state index >= 15 is 0 Å². The van der Waals surface area contributed by atoms with Gasteiger partial charge in [0.1, 0.15) is 5.82 Å². The van der Waals surface area contributed by atoms with Crippen molar-refractivity contribution in [3.63, 3.8) is 0 Å². The van der Waals surface area contributed by atoms with E-state index in [1.807, 2.05) is 6.07 Å². The third-order valence-electron chi connectivity index (χ3n) is 5.79. The highest BCUT2D eigenvalue weighted by atomic mass is 35.5. The molecule has 1 aliphatic rings. The molecule has 0 spiro atoms. The molecule has 1 aromatic heterocycles. The number of likely N-dealkylation sites (N-methyl/N-ethyl adjacent to an activating group) is 1. The molecule has 4 rings (SSSR count). The van der Waals surface area contributed by atoms with E-state index in [4.69, 9.17) is 21.7 Å². The molecule has 1 aliphatic heterocycles. The number of piperazine rings is 1. The van der Waals surface area contributed by atoms with Gasteiger partial charge in [-0.2, -0.15) is 0 Å². The van der Waals surface area contributed by atoms with E-state index in [0.29, 0.717) is 0 Å². The molecule has 0 saturated carbocycles. The standard InChI is InChI=1S/C24H28ClN3O/c1-2-27-11-13-28(14-12-27)24-21-8-4-3-6-19(21)17-23(26-24)20-10-9-18(7-5-15-29)22(25)16-20/h3-4,6,8-10,16-17,29H,2,5,7,11-15H2,1H3. The van der Waals surface area contributed by atoms with Gasteiger partial charge >= 0.3 is 0 Å². The lowest BCUT2D eigenvalue weighted by atomic mass is 10.0. The van der Waals surface area contributed by atoms with Crippen LogP contribution in [0.4, 0.5) is 5.82 Å². The minimum atomic E-state index is 0.180. The topological polar surface area (TPSA) is 39.6 Å². The van der Waals surface area contributed by atoms with Crippen molar-refractivity contribution >= 4 is 28.2 Å². The Balaban J connectivity index is 1.71. The largest absolute Gasteiger partial charge is 0.396 e. The summed E-state index contributed by atoms with van der Waals surface area (Å²) >= 11 is 6.53. The molecule has 3 aromatic rings. The maximum atomic E-state index is 9.08. The number of anilines is 1. The van der Waals surface area contributed by atoms with Crippen LogP contribution in [0.3, 0.4) is 0 Å². The number of rotatable bonds is 6. The fourth-order valence-electron chi connectivity index (χ4n) is 4.02. The lowest BCUT2D eigenvalue weighted by Crippen LogP contribution is -2.46. The minimum absolute atomic E-state index is 0.180. The molecule has 2 heterocycles. The summed E-state index contributed by atoms with van der Waals surface area (Å²) in [6.07, 6.45) is 1.51. The van der Waals surface area contributed by atoms with Crippen LogP contribution in [-0.4, -0.2) is 54.3 Å². The van der Waals surface area contributed by atoms with Crippen LogP contribution >= 0.6 is 11.6 Å². The summed E-state index contributed by atoms with van der Waals surface area (Å²) in [7, 11) is 0. The van der Waals surface area contributed by atoms with Crippen LogP contribution in [0.2, 0.25) is 5.02 Å². The quantitative estimate of drug-likeness (QED) is 0.644. The van der Waals surface area contributed by atoms with Gasteiger partial charge in [0.05, 0.1) is 5.69 Å². The van der Waals surface area contributed by atoms with E-state index in [-0.39, 0.29) is 6.61 Å². The second-order valence-electron chi connectivity index (χ2n) is 7.61. The van der Waals surface area contributed by atoms with E-state index in [9.17, 15) is 0 Å². The van der Waals surface area contributed by atoms with Crippen molar-refractivity contribution in [2.45, 2.75) is 19.8 Å². The fraction of sp³-hybridized carbons (Fsp3) is 0.375. The second-order valence-corrected chi connectivity index (χ2v) is 8.01. The third-order valence-corrected chi connectivity index (χ3v) is 6.14. The van der Waals surface area contributed by atoms with Crippen molar-refractivity contribution in [3.05, 3.63) is 59.1 Å². The van der Waals surface area contributed by atoms with Crippen molar-refractivity contribution in [1.82, 2.24) is 9.88 Å². The van der Waals surface area contributed by atoms with Crippen molar-refractivity contribution in [3.8, 4) is 11.3 Å². The maximum Gasteiger partial charge on any atom is 0.137 e. The van der Waals surface area contributed by atoms with Crippen molar-refractivity contribution < 1.29 is 5.11 Å². The van der Waals surface area contributed by atoms with Crippen LogP contribution in [0.15, 0.2) is 48.5 Å². The highest BCUT2D eigenvalue weighted by Crippen LogP contribution is 2.32. The van der Waals surface area contributed by atoms with Crippen LogP contribution in [0.5, 0.6) is 0 Å². The van der Waals surface area contributed by atoms with E-state index in [0.717, 1.165) is 73.2 Å². The van der Waals surface area contributed by atoms with E-state index in [1.165, 1.54) is 10.8 Å². The molecule has 1 N–H and O–H groups in total. The number of aryl methyl sites for hydroxylation is 1. The van der Waals surface area contributed by atoms with Crippen LogP contribution in [-0.2, 0) is 6.42 Å². The zero-order chi connectivity index (χ0) is 20.2. The molecule has 29 heavy (non-hydrogen) atoms. The number of fused-ring (bicyclic) bond motifs is 1. The van der Waals surface area contributed by atoms with Crippen LogP contribution in [0.1, 0.15) is 18.9 Å². The molecule has 0 radical (unpaired) electrons. The zero-order valence-corrected chi connectivity index (χ0v) is 17.7. The first-order valence-corrected chi connectivity index (χ1v) is 10.8. The zero-order valence-electron chi connectivity index (χ0n) is 16.9. The average molecular weight is 410 g/mol. The van der Waals surface area contributed by atoms with Gasteiger partial charge in [-0.1, -0.05) is 54.9 Å². The number of pyridine rings is 1. The Labute approximate surface area is 177 Å². The summed E-state index contributed by atoms with van der Waals surface area (Å²) in [4.78, 5) is 9.98. The van der Waals surface area contributed by atoms with Crippen LogP contribution in [0, 0.1) is 0 Å². The number of aliphatic hydroxyl groups excluding tert-OH is 1. The first-order valence-electron chi connectivity index (χ1n) is 10.5. The Morgan fingerprint density at radius 1 is 1.03 bits per heavy atom. The van der Waals surface area contributed by atoms with Gasteiger partial charge in [0.25, 0.3) is 0 Å². The Bertz CT molecular complexity index is 983. The van der Waals surface area contributed by atoms with Gasteiger partial charge in [-0.3, -0.25) is 0 Å². The Morgan fingerprint density at radius 3 is 2.55 bits per heavy atom. The Morgan fingerprint density at radius 2 is 1.83 bits per heavy atom. The number of hydrogen-bond acceptors (Lipinski definition) is 4. The predicted octanol–water partition coefficient (Wildman–Crippen LogP) is 4.62. The van der Waals surface area contributed by atoms with Gasteiger partial charge in [-0.15, -0.1) is 0 Å². The van der Waals surface area contributed by atoms with Crippen molar-refractivity contribution in [2.24, 2.45) is 0 Å². The fourth-order valence-corrected chi connectivity index (χ4v) is 4.30. The van der Waals surface area contributed by atoms with Gasteiger partial charge in [0.15, 0.2) is 0 Å². The Hall–Kier alpha value is -2.14. The molecule has 0 unspecified atom stereocenters. The van der Waals surface area contributed by atoms with Crippen LogP contribution < -0.4 is 4.90 Å². The van der Waals surface area contributed by atoms with E-state index in [2.05, 4.69) is 59.2 Å². The lowest BCUT2D eigenvalue weighted by molar-refractivity contribution is 0.271. The van der Waals surface area contributed by atoms with Gasteiger partial charge in [0.2, 0.25) is 0 Å². The number of halogens is 1. The molecule has 0 bridgehead atoms. The summed E-state index contributed by atoms with van der Waals surface area (Å²) in [5.41, 5.74) is 3.05. The van der Waals surface area contributed by atoms with Crippen LogP contribution in [0.25, 0.3) is 22.0 Å². The predicted molar refractivity (Wildman–Crippen MR) is 122 cm³/mol. The molecule has 4 nitrogen and oxygen atoms in total. The van der Waals surface area contributed by atoms with E-state index < -0.39 is 0 Å². The average Bonchev–Trinajstić information content (AvgIpc) is 2.77. The summed E-state index contributed by atoms with van der Waals surface area (Å²) in [6.45, 7) is 7.63. The van der Waals surface area contributed by atoms with Crippen molar-refractivity contribution in [2.75, 3.05) is 44.2 Å². The molecule has 0 aliphatic carbocycles. The molecule has 1 fully saturated rings. The molecule has 2 aromatic carbocycles. The van der Waals surface area contributed by atoms with Crippen molar-refractivity contribution in [1.29, 1.82) is 0 Å². The molecule has 5 heteroatoms. The SMILES string of the molecule is CCN1CCN(c2nc(-c3ccc(CCCO)c(Cl)c3)cc3ccccc23)CC1. The molecule has 152 valence electrons. The van der Waals surface area contributed by atoms with Gasteiger partial charge in [-0.25, -0.2) is 4.98 Å². The molecule has 0 atom stereocenters. The number of aromatic nitrogens is 1. The lowest BCUT2D eigenvalue weighted by Gasteiger charge is -2.35. The summed E-state index contributed by atoms with van der Waals surface area (Å²) in [5.74, 6) is 1.06. The second kappa shape index (κ2) is 9.12. The molecular weight excluding hydrogens is 382 g/mol. The number of hydrogen-bond donors (Lipinski definition) is 1. The summed E-state index contributed by atoms with van der Waals surface area (Å²) < 4.78 is 0. The Kier molecular flexibility index (Phi) is 6.34. The smallest absolute Gasteiger partial charge is 0.137 e. The summed E-state index contributed by atoms with van der Waals surface area (Å²) in [5, 5.41) is 12.2. The van der Waals surface area contributed by atoms with E-state index in [1.54, 1.807) is 0 Å². The minimum Gasteiger partial charge on any atom is -0.396 e. The molecular formula is C24H28ClN3O. The number of benzene rings is 2. The van der Waals surface area contributed by atoms with Gasteiger partial charge < -0.3 is 14.9 Å². The number of nitrogens with zero attached hydrogens (tertiary/aromatic N) is 3. The first kappa shape index (κ1) is 20.1. The highest BCUT2D eigenvalue weighted by molar-refractivity contribution is 6.31. The third kappa shape index (κ3) is 4.40. The molecule has 1 saturated heterocycles.